The summed E-state index contributed by atoms with van der Waals surface area (Å²) in [6.07, 6.45) is 0. The molecule has 268 valence electrons. The van der Waals surface area contributed by atoms with Crippen LogP contribution in [-0.2, 0) is 5.41 Å². The van der Waals surface area contributed by atoms with Crippen LogP contribution in [0.5, 0.6) is 0 Å². The Bertz CT molecular complexity index is 2320. The highest BCUT2D eigenvalue weighted by molar-refractivity contribution is 5.72. The van der Waals surface area contributed by atoms with Crippen molar-refractivity contribution < 1.29 is 26.3 Å². The van der Waals surface area contributed by atoms with Gasteiger partial charge in [-0.05, 0) is 103 Å². The molecule has 0 N–H and O–H groups in total. The van der Waals surface area contributed by atoms with Crippen LogP contribution in [-0.4, -0.2) is 0 Å². The van der Waals surface area contributed by atoms with Gasteiger partial charge in [0, 0.05) is 18.2 Å². The van der Waals surface area contributed by atoms with Crippen molar-refractivity contribution in [2.75, 3.05) is 0 Å². The normalized spacial score (nSPS) is 11.5. The fourth-order valence-corrected chi connectivity index (χ4v) is 7.44. The summed E-state index contributed by atoms with van der Waals surface area (Å²) in [4.78, 5) is 0. The summed E-state index contributed by atoms with van der Waals surface area (Å²) in [5.41, 5.74) is 7.18. The van der Waals surface area contributed by atoms with E-state index in [0.29, 0.717) is 33.4 Å². The van der Waals surface area contributed by atoms with E-state index in [9.17, 15) is 26.3 Å². The maximum absolute atomic E-state index is 14.3. The molecule has 55 heavy (non-hydrogen) atoms. The van der Waals surface area contributed by atoms with Crippen LogP contribution in [0.15, 0.2) is 182 Å². The summed E-state index contributed by atoms with van der Waals surface area (Å²) in [5.74, 6) is -4.15. The Kier molecular flexibility index (Phi) is 9.41. The second-order valence-corrected chi connectivity index (χ2v) is 13.4. The van der Waals surface area contributed by atoms with Crippen LogP contribution in [0.2, 0.25) is 0 Å². The fourth-order valence-electron chi connectivity index (χ4n) is 7.44. The average Bonchev–Trinajstić information content (AvgIpc) is 3.18. The van der Waals surface area contributed by atoms with Gasteiger partial charge in [-0.3, -0.25) is 0 Å². The fraction of sp³-hybridized carbons (Fsp3) is 0.0204. The molecule has 8 rings (SSSR count). The van der Waals surface area contributed by atoms with Gasteiger partial charge in [-0.2, -0.15) is 0 Å². The largest absolute Gasteiger partial charge is 0.207 e. The molecular weight excluding hydrogens is 703 g/mol. The molecule has 0 atom stereocenters. The number of hydrogen-bond donors (Lipinski definition) is 0. The first-order valence-electron chi connectivity index (χ1n) is 17.5. The molecule has 0 aliphatic rings. The predicted octanol–water partition coefficient (Wildman–Crippen LogP) is 13.6. The van der Waals surface area contributed by atoms with Crippen molar-refractivity contribution in [3.05, 3.63) is 239 Å². The zero-order valence-corrected chi connectivity index (χ0v) is 29.1. The van der Waals surface area contributed by atoms with Crippen molar-refractivity contribution in [1.29, 1.82) is 0 Å². The van der Waals surface area contributed by atoms with E-state index in [1.165, 1.54) is 36.4 Å². The molecule has 0 unspecified atom stereocenters. The molecule has 0 radical (unpaired) electrons. The van der Waals surface area contributed by atoms with Gasteiger partial charge in [-0.15, -0.1) is 0 Å². The first-order chi connectivity index (χ1) is 26.6. The summed E-state index contributed by atoms with van der Waals surface area (Å²) in [6.45, 7) is 0. The van der Waals surface area contributed by atoms with E-state index in [-0.39, 0.29) is 0 Å². The molecule has 0 aliphatic carbocycles. The lowest BCUT2D eigenvalue weighted by Crippen LogP contribution is -2.31. The first kappa shape index (κ1) is 35.4. The van der Waals surface area contributed by atoms with Crippen LogP contribution >= 0.6 is 0 Å². The zero-order chi connectivity index (χ0) is 38.1. The third kappa shape index (κ3) is 7.07. The van der Waals surface area contributed by atoms with Gasteiger partial charge in [-0.1, -0.05) is 127 Å². The maximum Gasteiger partial charge on any atom is 0.126 e. The Morgan fingerprint density at radius 1 is 0.218 bits per heavy atom. The molecule has 6 heteroatoms. The molecule has 0 nitrogen and oxygen atoms in total. The van der Waals surface area contributed by atoms with Crippen LogP contribution in [0.1, 0.15) is 22.3 Å². The minimum absolute atomic E-state index is 0.375. The van der Waals surface area contributed by atoms with E-state index < -0.39 is 40.3 Å². The molecule has 0 bridgehead atoms. The van der Waals surface area contributed by atoms with Crippen molar-refractivity contribution in [3.8, 4) is 44.5 Å². The SMILES string of the molecule is Fc1cc(F)cc(-c2ccc(C(c3ccc(-c4ccccc4)cc3)(c3ccc(-c4cc(F)cc(F)c4)cc3)c3ccc(-c4cc(F)cc(F)c4)cc3)cc2)c1. The Hall–Kier alpha value is -6.66. The number of halogens is 6. The van der Waals surface area contributed by atoms with Crippen LogP contribution in [0.25, 0.3) is 44.5 Å². The minimum Gasteiger partial charge on any atom is -0.207 e. The van der Waals surface area contributed by atoms with E-state index in [1.54, 1.807) is 0 Å². The standard InChI is InChI=1S/C49H30F6/c50-43-22-36(23-44(51)28-43)33-8-16-40(17-9-33)49(39-14-6-32(7-15-39)31-4-2-1-3-5-31,41-18-10-34(11-19-41)37-24-45(52)29-46(53)25-37)42-20-12-35(13-21-42)38-26-47(54)30-48(55)27-38/h1-30H. The van der Waals surface area contributed by atoms with Gasteiger partial charge in [0.15, 0.2) is 0 Å². The lowest BCUT2D eigenvalue weighted by atomic mass is 9.64. The third-order valence-electron chi connectivity index (χ3n) is 9.97. The van der Waals surface area contributed by atoms with Crippen molar-refractivity contribution in [1.82, 2.24) is 0 Å². The Morgan fingerprint density at radius 3 is 0.691 bits per heavy atom. The number of rotatable bonds is 8. The summed E-state index contributed by atoms with van der Waals surface area (Å²) >= 11 is 0. The molecule has 0 heterocycles. The van der Waals surface area contributed by atoms with Gasteiger partial charge in [0.25, 0.3) is 0 Å². The van der Waals surface area contributed by atoms with Crippen LogP contribution in [0, 0.1) is 34.9 Å². The number of hydrogen-bond acceptors (Lipinski definition) is 0. The summed E-state index contributed by atoms with van der Waals surface area (Å²) in [5, 5.41) is 0. The molecular formula is C49H30F6. The first-order valence-corrected chi connectivity index (χ1v) is 17.5. The molecule has 0 amide bonds. The van der Waals surface area contributed by atoms with E-state index in [4.69, 9.17) is 0 Å². The Balaban J connectivity index is 1.36. The predicted molar refractivity (Wildman–Crippen MR) is 206 cm³/mol. The smallest absolute Gasteiger partial charge is 0.126 e. The molecule has 8 aromatic rings. The highest BCUT2D eigenvalue weighted by Crippen LogP contribution is 2.47. The van der Waals surface area contributed by atoms with Gasteiger partial charge in [0.05, 0.1) is 5.41 Å². The number of benzene rings is 8. The molecule has 0 saturated heterocycles. The van der Waals surface area contributed by atoms with Crippen LogP contribution < -0.4 is 0 Å². The summed E-state index contributed by atoms with van der Waals surface area (Å²) in [6, 6.07) is 50.6. The molecule has 0 aromatic heterocycles. The third-order valence-corrected chi connectivity index (χ3v) is 9.97. The van der Waals surface area contributed by atoms with Gasteiger partial charge in [0.1, 0.15) is 34.9 Å². The molecule has 8 aromatic carbocycles. The second kappa shape index (κ2) is 14.6. The Labute approximate surface area is 314 Å². The lowest BCUT2D eigenvalue weighted by molar-refractivity contribution is 0.583. The van der Waals surface area contributed by atoms with E-state index in [0.717, 1.165) is 51.6 Å². The molecule has 0 saturated carbocycles. The second-order valence-electron chi connectivity index (χ2n) is 13.4. The van der Waals surface area contributed by atoms with Crippen LogP contribution in [0.3, 0.4) is 0 Å². The van der Waals surface area contributed by atoms with E-state index in [2.05, 4.69) is 0 Å². The highest BCUT2D eigenvalue weighted by Gasteiger charge is 2.38. The molecule has 0 spiro atoms. The monoisotopic (exact) mass is 732 g/mol. The van der Waals surface area contributed by atoms with Crippen LogP contribution in [0.4, 0.5) is 26.3 Å². The zero-order valence-electron chi connectivity index (χ0n) is 29.1. The van der Waals surface area contributed by atoms with E-state index in [1.807, 2.05) is 127 Å². The van der Waals surface area contributed by atoms with Crippen molar-refractivity contribution in [2.24, 2.45) is 0 Å². The Morgan fingerprint density at radius 2 is 0.436 bits per heavy atom. The highest BCUT2D eigenvalue weighted by atomic mass is 19.2. The van der Waals surface area contributed by atoms with Gasteiger partial charge < -0.3 is 0 Å². The maximum atomic E-state index is 14.3. The molecule has 0 fully saturated rings. The lowest BCUT2D eigenvalue weighted by Gasteiger charge is -2.37. The molecule has 0 aliphatic heterocycles. The summed E-state index contributed by atoms with van der Waals surface area (Å²) < 4.78 is 85.7. The quantitative estimate of drug-likeness (QED) is 0.108. The van der Waals surface area contributed by atoms with Crippen molar-refractivity contribution in [2.45, 2.75) is 5.41 Å². The van der Waals surface area contributed by atoms with Crippen molar-refractivity contribution >= 4 is 0 Å². The summed E-state index contributed by atoms with van der Waals surface area (Å²) in [7, 11) is 0. The topological polar surface area (TPSA) is 0 Å². The van der Waals surface area contributed by atoms with Crippen molar-refractivity contribution in [3.63, 3.8) is 0 Å². The minimum atomic E-state index is -1.04. The van der Waals surface area contributed by atoms with Gasteiger partial charge in [-0.25, -0.2) is 26.3 Å². The van der Waals surface area contributed by atoms with Gasteiger partial charge >= 0.3 is 0 Å². The average molecular weight is 733 g/mol. The van der Waals surface area contributed by atoms with E-state index >= 15 is 0 Å². The van der Waals surface area contributed by atoms with Gasteiger partial charge in [0.2, 0.25) is 0 Å².